The summed E-state index contributed by atoms with van der Waals surface area (Å²) < 4.78 is 5.47. The predicted octanol–water partition coefficient (Wildman–Crippen LogP) is 2.08. The van der Waals surface area contributed by atoms with E-state index in [1.807, 2.05) is 13.8 Å². The van der Waals surface area contributed by atoms with Crippen LogP contribution in [0.25, 0.3) is 0 Å². The van der Waals surface area contributed by atoms with Crippen molar-refractivity contribution < 1.29 is 14.3 Å². The molecule has 0 radical (unpaired) electrons. The van der Waals surface area contributed by atoms with Gasteiger partial charge >= 0.3 is 0 Å². The summed E-state index contributed by atoms with van der Waals surface area (Å²) >= 11 is 1.28. The number of amides is 2. The van der Waals surface area contributed by atoms with E-state index in [9.17, 15) is 14.4 Å². The summed E-state index contributed by atoms with van der Waals surface area (Å²) in [6.07, 6.45) is 0.0426. The molecular formula is C18H19N3O4S. The quantitative estimate of drug-likeness (QED) is 0.454. The van der Waals surface area contributed by atoms with Gasteiger partial charge in [0.05, 0.1) is 29.5 Å². The van der Waals surface area contributed by atoms with Crippen molar-refractivity contribution in [1.29, 1.82) is 0 Å². The number of thioether (sulfide) groups is 1. The second-order valence-corrected chi connectivity index (χ2v) is 7.14. The number of nitrogens with zero attached hydrogens (tertiary/aromatic N) is 2. The fourth-order valence-electron chi connectivity index (χ4n) is 2.55. The number of rotatable bonds is 7. The highest BCUT2D eigenvalue weighted by Gasteiger charge is 2.34. The summed E-state index contributed by atoms with van der Waals surface area (Å²) in [7, 11) is 0. The highest BCUT2D eigenvalue weighted by Crippen LogP contribution is 2.23. The van der Waals surface area contributed by atoms with E-state index in [1.54, 1.807) is 24.3 Å². The third kappa shape index (κ3) is 4.03. The largest absolute Gasteiger partial charge is 0.373 e. The van der Waals surface area contributed by atoms with Gasteiger partial charge in [0, 0.05) is 18.4 Å². The minimum absolute atomic E-state index is 0.0426. The third-order valence-electron chi connectivity index (χ3n) is 3.77. The molecule has 3 rings (SSSR count). The zero-order chi connectivity index (χ0) is 18.7. The van der Waals surface area contributed by atoms with Crippen LogP contribution < -0.4 is 5.56 Å². The molecule has 8 heteroatoms. The molecule has 1 aromatic heterocycles. The summed E-state index contributed by atoms with van der Waals surface area (Å²) in [4.78, 5) is 44.6. The summed E-state index contributed by atoms with van der Waals surface area (Å²) in [5, 5.41) is 0.441. The molecule has 136 valence electrons. The Morgan fingerprint density at radius 2 is 1.81 bits per heavy atom. The molecule has 2 amide bonds. The lowest BCUT2D eigenvalue weighted by Crippen LogP contribution is -2.31. The van der Waals surface area contributed by atoms with Gasteiger partial charge < -0.3 is 9.72 Å². The van der Waals surface area contributed by atoms with Crippen molar-refractivity contribution in [1.82, 2.24) is 14.9 Å². The molecule has 26 heavy (non-hydrogen) atoms. The normalized spacial score (nSPS) is 13.6. The van der Waals surface area contributed by atoms with Crippen molar-refractivity contribution in [3.05, 3.63) is 57.5 Å². The van der Waals surface area contributed by atoms with Gasteiger partial charge in [-0.3, -0.25) is 19.3 Å². The van der Waals surface area contributed by atoms with Gasteiger partial charge in [-0.15, -0.1) is 0 Å². The highest BCUT2D eigenvalue weighted by atomic mass is 32.2. The van der Waals surface area contributed by atoms with E-state index in [4.69, 9.17) is 4.74 Å². The van der Waals surface area contributed by atoms with Crippen molar-refractivity contribution in [3.8, 4) is 0 Å². The minimum Gasteiger partial charge on any atom is -0.373 e. The Morgan fingerprint density at radius 1 is 1.15 bits per heavy atom. The molecule has 7 nitrogen and oxygen atoms in total. The van der Waals surface area contributed by atoms with Crippen LogP contribution in [0, 0.1) is 0 Å². The molecule has 2 aromatic rings. The predicted molar refractivity (Wildman–Crippen MR) is 97.3 cm³/mol. The number of imide groups is 1. The average molecular weight is 373 g/mol. The monoisotopic (exact) mass is 373 g/mol. The second-order valence-electron chi connectivity index (χ2n) is 6.06. The lowest BCUT2D eigenvalue weighted by Gasteiger charge is -2.13. The zero-order valence-corrected chi connectivity index (χ0v) is 15.3. The second kappa shape index (κ2) is 7.84. The Morgan fingerprint density at radius 3 is 2.42 bits per heavy atom. The van der Waals surface area contributed by atoms with E-state index in [1.165, 1.54) is 22.7 Å². The van der Waals surface area contributed by atoms with Gasteiger partial charge in [0.15, 0.2) is 5.16 Å². The summed E-state index contributed by atoms with van der Waals surface area (Å²) in [6.45, 7) is 4.32. The third-order valence-corrected chi connectivity index (χ3v) is 4.62. The molecule has 0 saturated heterocycles. The molecule has 0 unspecified atom stereocenters. The van der Waals surface area contributed by atoms with Crippen molar-refractivity contribution in [2.45, 2.75) is 31.7 Å². The number of H-pyrrole nitrogens is 1. The number of carbonyl (C=O) groups is 2. The van der Waals surface area contributed by atoms with E-state index in [-0.39, 0.29) is 36.6 Å². The van der Waals surface area contributed by atoms with E-state index in [2.05, 4.69) is 9.97 Å². The molecule has 1 aromatic carbocycles. The molecule has 0 bridgehead atoms. The number of fused-ring (bicyclic) bond motifs is 1. The van der Waals surface area contributed by atoms with Crippen LogP contribution in [0.1, 0.15) is 40.3 Å². The van der Waals surface area contributed by atoms with Crippen LogP contribution in [0.2, 0.25) is 0 Å². The standard InChI is InChI=1S/C18H19N3O4S/c1-11(2)25-10-12-9-15(22)20-18(19-12)26-8-7-21-16(23)13-5-3-4-6-14(13)17(21)24/h3-6,9,11H,7-8,10H2,1-2H3,(H,19,20,22). The van der Waals surface area contributed by atoms with E-state index < -0.39 is 0 Å². The number of aromatic amines is 1. The first-order valence-electron chi connectivity index (χ1n) is 8.25. The first-order valence-corrected chi connectivity index (χ1v) is 9.24. The number of hydrogen-bond donors (Lipinski definition) is 1. The molecule has 0 aliphatic carbocycles. The Bertz CT molecular complexity index is 859. The lowest BCUT2D eigenvalue weighted by molar-refractivity contribution is 0.0631. The van der Waals surface area contributed by atoms with Gasteiger partial charge in [0.25, 0.3) is 17.4 Å². The number of carbonyl (C=O) groups excluding carboxylic acids is 2. The topological polar surface area (TPSA) is 92.4 Å². The number of hydrogen-bond acceptors (Lipinski definition) is 6. The van der Waals surface area contributed by atoms with Gasteiger partial charge in [0.1, 0.15) is 0 Å². The van der Waals surface area contributed by atoms with Crippen LogP contribution in [0.3, 0.4) is 0 Å². The molecule has 2 heterocycles. The highest BCUT2D eigenvalue weighted by molar-refractivity contribution is 7.99. The van der Waals surface area contributed by atoms with Gasteiger partial charge in [-0.05, 0) is 26.0 Å². The lowest BCUT2D eigenvalue weighted by atomic mass is 10.1. The summed E-state index contributed by atoms with van der Waals surface area (Å²) in [6, 6.07) is 8.18. The van der Waals surface area contributed by atoms with Crippen LogP contribution in [-0.4, -0.2) is 45.1 Å². The maximum atomic E-state index is 12.3. The van der Waals surface area contributed by atoms with Gasteiger partial charge in [-0.25, -0.2) is 4.98 Å². The number of nitrogens with one attached hydrogen (secondary N) is 1. The van der Waals surface area contributed by atoms with Crippen LogP contribution in [0.4, 0.5) is 0 Å². The molecule has 0 atom stereocenters. The van der Waals surface area contributed by atoms with Crippen LogP contribution in [0.15, 0.2) is 40.3 Å². The zero-order valence-electron chi connectivity index (χ0n) is 14.5. The van der Waals surface area contributed by atoms with Crippen molar-refractivity contribution in [2.75, 3.05) is 12.3 Å². The molecular weight excluding hydrogens is 354 g/mol. The molecule has 0 saturated carbocycles. The number of ether oxygens (including phenoxy) is 1. The van der Waals surface area contributed by atoms with Gasteiger partial charge in [-0.1, -0.05) is 23.9 Å². The smallest absolute Gasteiger partial charge is 0.261 e. The molecule has 1 N–H and O–H groups in total. The summed E-state index contributed by atoms with van der Waals surface area (Å²) in [5.41, 5.74) is 1.15. The molecule has 1 aliphatic rings. The van der Waals surface area contributed by atoms with Crippen LogP contribution in [-0.2, 0) is 11.3 Å². The number of benzene rings is 1. The molecule has 1 aliphatic heterocycles. The van der Waals surface area contributed by atoms with Crippen LogP contribution in [0.5, 0.6) is 0 Å². The Balaban J connectivity index is 1.61. The van der Waals surface area contributed by atoms with Gasteiger partial charge in [-0.2, -0.15) is 0 Å². The van der Waals surface area contributed by atoms with Crippen molar-refractivity contribution >= 4 is 23.6 Å². The SMILES string of the molecule is CC(C)OCc1cc(=O)[nH]c(SCCN2C(=O)c3ccccc3C2=O)n1. The van der Waals surface area contributed by atoms with E-state index in [0.29, 0.717) is 27.7 Å². The average Bonchev–Trinajstić information content (AvgIpc) is 2.85. The van der Waals surface area contributed by atoms with Crippen molar-refractivity contribution in [3.63, 3.8) is 0 Å². The van der Waals surface area contributed by atoms with Gasteiger partial charge in [0.2, 0.25) is 0 Å². The maximum Gasteiger partial charge on any atom is 0.261 e. The van der Waals surface area contributed by atoms with E-state index in [0.717, 1.165) is 0 Å². The van der Waals surface area contributed by atoms with Crippen LogP contribution >= 0.6 is 11.8 Å². The fraction of sp³-hybridized carbons (Fsp3) is 0.333. The number of aromatic nitrogens is 2. The minimum atomic E-state index is -0.285. The fourth-order valence-corrected chi connectivity index (χ4v) is 3.38. The Hall–Kier alpha value is -2.45. The Kier molecular flexibility index (Phi) is 5.53. The molecule has 0 spiro atoms. The first-order chi connectivity index (χ1) is 12.5. The van der Waals surface area contributed by atoms with E-state index >= 15 is 0 Å². The van der Waals surface area contributed by atoms with Crippen molar-refractivity contribution in [2.24, 2.45) is 0 Å². The summed E-state index contributed by atoms with van der Waals surface area (Å²) in [5.74, 6) is -0.137. The Labute approximate surface area is 154 Å². The molecule has 0 fully saturated rings. The first kappa shape index (κ1) is 18.3. The maximum absolute atomic E-state index is 12.3.